The second-order valence-corrected chi connectivity index (χ2v) is 12.1. The van der Waals surface area contributed by atoms with Crippen molar-refractivity contribution in [3.63, 3.8) is 0 Å². The number of nitrogens with one attached hydrogen (secondary N) is 1. The highest BCUT2D eigenvalue weighted by Gasteiger charge is 2.63. The zero-order chi connectivity index (χ0) is 20.2. The molecule has 4 aliphatic rings. The van der Waals surface area contributed by atoms with Gasteiger partial charge >= 0.3 is 0 Å². The van der Waals surface area contributed by atoms with Gasteiger partial charge < -0.3 is 5.32 Å². The van der Waals surface area contributed by atoms with Gasteiger partial charge in [-0.15, -0.1) is 0 Å². The maximum absolute atomic E-state index is 12.2. The molecule has 0 aromatic rings. The Labute approximate surface area is 173 Å². The first kappa shape index (κ1) is 20.5. The second kappa shape index (κ2) is 7.17. The Bertz CT molecular complexity index is 638. The first-order chi connectivity index (χ1) is 13.2. The molecule has 3 fully saturated rings. The Balaban J connectivity index is 1.65. The lowest BCUT2D eigenvalue weighted by molar-refractivity contribution is -0.140. The van der Waals surface area contributed by atoms with Crippen molar-refractivity contribution < 1.29 is 4.79 Å². The lowest BCUT2D eigenvalue weighted by Gasteiger charge is -2.64. The van der Waals surface area contributed by atoms with Gasteiger partial charge in [0, 0.05) is 11.5 Å². The molecule has 2 unspecified atom stereocenters. The number of hydrogen-bond donors (Lipinski definition) is 1. The van der Waals surface area contributed by atoms with Gasteiger partial charge in [0.25, 0.3) is 0 Å². The summed E-state index contributed by atoms with van der Waals surface area (Å²) in [4.78, 5) is 12.2. The van der Waals surface area contributed by atoms with Gasteiger partial charge in [-0.25, -0.2) is 0 Å². The van der Waals surface area contributed by atoms with E-state index in [0.29, 0.717) is 16.9 Å². The van der Waals surface area contributed by atoms with Gasteiger partial charge in [-0.1, -0.05) is 66.4 Å². The van der Waals surface area contributed by atoms with Crippen LogP contribution in [-0.2, 0) is 4.79 Å². The lowest BCUT2D eigenvalue weighted by atomic mass is 9.42. The van der Waals surface area contributed by atoms with Crippen molar-refractivity contribution in [2.45, 2.75) is 105 Å². The number of amides is 1. The molecule has 2 heteroatoms. The summed E-state index contributed by atoms with van der Waals surface area (Å²) < 4.78 is 0. The zero-order valence-electron chi connectivity index (χ0n) is 19.0. The summed E-state index contributed by atoms with van der Waals surface area (Å²) in [6, 6.07) is 0.326. The van der Waals surface area contributed by atoms with Crippen molar-refractivity contribution in [1.29, 1.82) is 0 Å². The number of fused-ring (bicyclic) bond motifs is 5. The number of unbranched alkanes of at least 4 members (excludes halogenated alkanes) is 1. The van der Waals surface area contributed by atoms with E-state index in [1.807, 2.05) is 6.08 Å². The Kier molecular flexibility index (Phi) is 5.24. The normalized spacial score (nSPS) is 47.4. The largest absolute Gasteiger partial charge is 0.349 e. The highest BCUT2D eigenvalue weighted by Crippen LogP contribution is 2.68. The smallest absolute Gasteiger partial charge is 0.243 e. The first-order valence-electron chi connectivity index (χ1n) is 12.2. The van der Waals surface area contributed by atoms with Crippen LogP contribution in [0.5, 0.6) is 0 Å². The van der Waals surface area contributed by atoms with Crippen molar-refractivity contribution in [3.8, 4) is 0 Å². The second-order valence-electron chi connectivity index (χ2n) is 12.1. The predicted molar refractivity (Wildman–Crippen MR) is 117 cm³/mol. The molecule has 1 amide bonds. The van der Waals surface area contributed by atoms with Gasteiger partial charge in [-0.2, -0.15) is 0 Å². The van der Waals surface area contributed by atoms with Crippen molar-refractivity contribution >= 4 is 5.91 Å². The summed E-state index contributed by atoms with van der Waals surface area (Å²) in [5, 5.41) is 3.40. The average molecular weight is 386 g/mol. The summed E-state index contributed by atoms with van der Waals surface area (Å²) in [7, 11) is 0. The van der Waals surface area contributed by atoms with Crippen LogP contribution in [0.2, 0.25) is 0 Å². The molecule has 1 aliphatic heterocycles. The summed E-state index contributed by atoms with van der Waals surface area (Å²) in [6.45, 7) is 12.4. The fourth-order valence-electron chi connectivity index (χ4n) is 8.15. The highest BCUT2D eigenvalue weighted by atomic mass is 16.1. The predicted octanol–water partition coefficient (Wildman–Crippen LogP) is 6.51. The van der Waals surface area contributed by atoms with E-state index in [1.165, 1.54) is 64.2 Å². The molecule has 7 atom stereocenters. The molecule has 1 heterocycles. The van der Waals surface area contributed by atoms with Crippen molar-refractivity contribution in [1.82, 2.24) is 5.32 Å². The fraction of sp³-hybridized carbons (Fsp3) is 0.885. The van der Waals surface area contributed by atoms with Crippen LogP contribution in [0.15, 0.2) is 12.2 Å². The van der Waals surface area contributed by atoms with E-state index in [0.717, 1.165) is 23.7 Å². The van der Waals surface area contributed by atoms with E-state index >= 15 is 0 Å². The third-order valence-corrected chi connectivity index (χ3v) is 9.77. The molecule has 28 heavy (non-hydrogen) atoms. The molecule has 1 N–H and O–H groups in total. The Morgan fingerprint density at radius 2 is 1.89 bits per heavy atom. The van der Waals surface area contributed by atoms with E-state index in [9.17, 15) is 4.79 Å². The maximum Gasteiger partial charge on any atom is 0.243 e. The molecule has 3 aliphatic carbocycles. The molecule has 0 bridgehead atoms. The molecule has 2 nitrogen and oxygen atoms in total. The number of hydrogen-bond acceptors (Lipinski definition) is 1. The van der Waals surface area contributed by atoms with Gasteiger partial charge in [-0.05, 0) is 79.1 Å². The standard InChI is InChI=1S/C26H43NO/c1-18(2)9-6-7-13-25(4)17-21-26(5,16-12-22(28)27-21)20-11-15-24(3)14-8-10-19(24)23(20)25/h12,16,18-21,23H,6-11,13-15,17H2,1-5H3,(H,27,28)/t19-,20+,21?,23-,24-,25?,26+/m0/s1. The SMILES string of the molecule is CC(C)CCCCC1(C)CC2NC(=O)C=C[C@]2(C)[C@@H]2CC[C@]3(C)CCC[C@H]3[C@@H]21. The summed E-state index contributed by atoms with van der Waals surface area (Å²) in [5.41, 5.74) is 1.10. The number of carbonyl (C=O) groups excluding carboxylic acids is 1. The Morgan fingerprint density at radius 3 is 2.64 bits per heavy atom. The molecule has 3 saturated carbocycles. The highest BCUT2D eigenvalue weighted by molar-refractivity contribution is 5.89. The van der Waals surface area contributed by atoms with E-state index in [-0.39, 0.29) is 11.3 Å². The minimum absolute atomic E-state index is 0.129. The zero-order valence-corrected chi connectivity index (χ0v) is 19.0. The first-order valence-corrected chi connectivity index (χ1v) is 12.2. The molecule has 0 aromatic heterocycles. The summed E-state index contributed by atoms with van der Waals surface area (Å²) in [5.74, 6) is 3.39. The van der Waals surface area contributed by atoms with Crippen molar-refractivity contribution in [2.75, 3.05) is 0 Å². The van der Waals surface area contributed by atoms with Crippen molar-refractivity contribution in [2.24, 2.45) is 39.9 Å². The number of rotatable bonds is 5. The molecular weight excluding hydrogens is 342 g/mol. The van der Waals surface area contributed by atoms with E-state index in [2.05, 4.69) is 46.0 Å². The van der Waals surface area contributed by atoms with Crippen LogP contribution in [0, 0.1) is 39.9 Å². The Hall–Kier alpha value is -0.790. The van der Waals surface area contributed by atoms with Gasteiger partial charge in [0.05, 0.1) is 0 Å². The van der Waals surface area contributed by atoms with Crippen LogP contribution in [0.4, 0.5) is 0 Å². The molecule has 158 valence electrons. The molecule has 0 radical (unpaired) electrons. The summed E-state index contributed by atoms with van der Waals surface area (Å²) >= 11 is 0. The quantitative estimate of drug-likeness (QED) is 0.537. The average Bonchev–Trinajstić information content (AvgIpc) is 3.02. The maximum atomic E-state index is 12.2. The van der Waals surface area contributed by atoms with Gasteiger partial charge in [0.15, 0.2) is 0 Å². The molecule has 0 spiro atoms. The minimum Gasteiger partial charge on any atom is -0.349 e. The van der Waals surface area contributed by atoms with E-state index < -0.39 is 0 Å². The monoisotopic (exact) mass is 385 g/mol. The third-order valence-electron chi connectivity index (χ3n) is 9.77. The third kappa shape index (κ3) is 3.27. The Morgan fingerprint density at radius 1 is 1.11 bits per heavy atom. The molecular formula is C26H43NO. The van der Waals surface area contributed by atoms with Crippen molar-refractivity contribution in [3.05, 3.63) is 12.2 Å². The number of carbonyl (C=O) groups is 1. The van der Waals surface area contributed by atoms with Gasteiger partial charge in [0.1, 0.15) is 0 Å². The fourth-order valence-corrected chi connectivity index (χ4v) is 8.15. The topological polar surface area (TPSA) is 29.1 Å². The van der Waals surface area contributed by atoms with Crippen LogP contribution in [0.3, 0.4) is 0 Å². The van der Waals surface area contributed by atoms with E-state index in [1.54, 1.807) is 0 Å². The van der Waals surface area contributed by atoms with Gasteiger partial charge in [-0.3, -0.25) is 4.79 Å². The van der Waals surface area contributed by atoms with Crippen LogP contribution >= 0.6 is 0 Å². The van der Waals surface area contributed by atoms with Crippen LogP contribution in [0.1, 0.15) is 98.8 Å². The molecule has 4 rings (SSSR count). The van der Waals surface area contributed by atoms with Crippen LogP contribution < -0.4 is 5.32 Å². The van der Waals surface area contributed by atoms with Gasteiger partial charge in [0.2, 0.25) is 5.91 Å². The van der Waals surface area contributed by atoms with Crippen LogP contribution in [0.25, 0.3) is 0 Å². The molecule has 0 saturated heterocycles. The minimum atomic E-state index is 0.129. The lowest BCUT2D eigenvalue weighted by Crippen LogP contribution is -2.64. The molecule has 0 aromatic carbocycles. The summed E-state index contributed by atoms with van der Waals surface area (Å²) in [6.07, 6.45) is 17.8. The van der Waals surface area contributed by atoms with E-state index in [4.69, 9.17) is 0 Å². The van der Waals surface area contributed by atoms with Crippen LogP contribution in [-0.4, -0.2) is 11.9 Å².